The Kier molecular flexibility index (Phi) is 7.85. The average Bonchev–Trinajstić information content (AvgIpc) is 3.59. The van der Waals surface area contributed by atoms with E-state index in [0.29, 0.717) is 0 Å². The molecule has 0 amide bonds. The van der Waals surface area contributed by atoms with Gasteiger partial charge in [0.05, 0.1) is 22.4 Å². The van der Waals surface area contributed by atoms with E-state index in [1.807, 2.05) is 0 Å². The molecule has 0 aliphatic rings. The molecule has 1 heterocycles. The summed E-state index contributed by atoms with van der Waals surface area (Å²) in [6.07, 6.45) is 0. The lowest BCUT2D eigenvalue weighted by Gasteiger charge is -2.28. The number of hydrogen-bond acceptors (Lipinski definition) is 1. The van der Waals surface area contributed by atoms with E-state index < -0.39 is 0 Å². The molecule has 0 spiro atoms. The molecule has 0 aliphatic heterocycles. The molecular formula is C52H36N2. The molecule has 2 nitrogen and oxygen atoms in total. The molecule has 0 atom stereocenters. The molecule has 0 aliphatic carbocycles. The minimum absolute atomic E-state index is 1.10. The van der Waals surface area contributed by atoms with Crippen molar-refractivity contribution in [2.45, 2.75) is 0 Å². The fourth-order valence-electron chi connectivity index (χ4n) is 8.20. The van der Waals surface area contributed by atoms with Crippen molar-refractivity contribution in [2.75, 3.05) is 4.90 Å². The van der Waals surface area contributed by atoms with Crippen molar-refractivity contribution in [1.82, 2.24) is 4.57 Å². The summed E-state index contributed by atoms with van der Waals surface area (Å²) < 4.78 is 2.44. The number of nitrogens with zero attached hydrogens (tertiary/aromatic N) is 2. The van der Waals surface area contributed by atoms with Crippen LogP contribution in [-0.4, -0.2) is 4.57 Å². The second-order valence-electron chi connectivity index (χ2n) is 13.7. The van der Waals surface area contributed by atoms with Gasteiger partial charge in [0, 0.05) is 33.1 Å². The van der Waals surface area contributed by atoms with E-state index in [1.54, 1.807) is 0 Å². The van der Waals surface area contributed by atoms with Gasteiger partial charge in [-0.05, 0) is 81.7 Å². The highest BCUT2D eigenvalue weighted by Gasteiger charge is 2.20. The van der Waals surface area contributed by atoms with E-state index in [1.165, 1.54) is 60.4 Å². The molecule has 0 radical (unpaired) electrons. The predicted molar refractivity (Wildman–Crippen MR) is 229 cm³/mol. The first-order chi connectivity index (χ1) is 26.8. The van der Waals surface area contributed by atoms with Crippen LogP contribution in [0.5, 0.6) is 0 Å². The highest BCUT2D eigenvalue weighted by atomic mass is 15.1. The van der Waals surface area contributed by atoms with Crippen molar-refractivity contribution in [2.24, 2.45) is 0 Å². The Hall–Kier alpha value is -7.16. The molecule has 54 heavy (non-hydrogen) atoms. The first kappa shape index (κ1) is 31.6. The summed E-state index contributed by atoms with van der Waals surface area (Å²) in [5, 5.41) is 4.95. The summed E-state index contributed by atoms with van der Waals surface area (Å²) in [7, 11) is 0. The van der Waals surface area contributed by atoms with E-state index >= 15 is 0 Å². The molecule has 9 aromatic carbocycles. The zero-order valence-corrected chi connectivity index (χ0v) is 29.7. The quantitative estimate of drug-likeness (QED) is 0.162. The standard InChI is InChI=1S/C52H36N2/c1-4-17-37(18-5-1)42-35-36-50(45-24-11-10-23-44(42)45)53(40-21-8-3-9-22-40)41-33-31-38(32-34-41)43-27-16-30-51(52(43)39-19-6-2-7-20-39)54-48-28-14-12-25-46(48)47-26-13-15-29-49(47)54/h1-36H. The fraction of sp³-hybridized carbons (Fsp3) is 0. The lowest BCUT2D eigenvalue weighted by atomic mass is 9.92. The maximum Gasteiger partial charge on any atom is 0.0546 e. The molecule has 0 saturated heterocycles. The highest BCUT2D eigenvalue weighted by Crippen LogP contribution is 2.44. The molecule has 254 valence electrons. The van der Waals surface area contributed by atoms with Gasteiger partial charge >= 0.3 is 0 Å². The predicted octanol–water partition coefficient (Wildman–Crippen LogP) is 14.4. The van der Waals surface area contributed by atoms with Gasteiger partial charge < -0.3 is 9.47 Å². The van der Waals surface area contributed by atoms with Crippen LogP contribution in [0.2, 0.25) is 0 Å². The average molecular weight is 689 g/mol. The SMILES string of the molecule is c1ccc(-c2c(-c3ccc(N(c4ccccc4)c4ccc(-c5ccccc5)c5ccccc45)cc3)cccc2-n2c3ccccc3c3ccccc32)cc1. The molecule has 0 bridgehead atoms. The van der Waals surface area contributed by atoms with Gasteiger partial charge in [-0.2, -0.15) is 0 Å². The van der Waals surface area contributed by atoms with E-state index in [4.69, 9.17) is 0 Å². The summed E-state index contributed by atoms with van der Waals surface area (Å²) in [6.45, 7) is 0. The zero-order valence-electron chi connectivity index (χ0n) is 29.7. The molecule has 1 aromatic heterocycles. The zero-order chi connectivity index (χ0) is 35.8. The summed E-state index contributed by atoms with van der Waals surface area (Å²) in [6, 6.07) is 78.8. The Morgan fingerprint density at radius 1 is 0.296 bits per heavy atom. The van der Waals surface area contributed by atoms with Crippen LogP contribution in [-0.2, 0) is 0 Å². The third-order valence-corrected chi connectivity index (χ3v) is 10.6. The molecule has 2 heteroatoms. The van der Waals surface area contributed by atoms with Gasteiger partial charge in [-0.1, -0.05) is 170 Å². The number of benzene rings is 9. The first-order valence-corrected chi connectivity index (χ1v) is 18.5. The molecule has 0 fully saturated rings. The van der Waals surface area contributed by atoms with Crippen molar-refractivity contribution >= 4 is 49.6 Å². The minimum Gasteiger partial charge on any atom is -0.310 e. The number of rotatable bonds is 7. The van der Waals surface area contributed by atoms with E-state index in [9.17, 15) is 0 Å². The van der Waals surface area contributed by atoms with E-state index in [0.717, 1.165) is 28.3 Å². The Morgan fingerprint density at radius 3 is 1.44 bits per heavy atom. The highest BCUT2D eigenvalue weighted by molar-refractivity contribution is 6.10. The molecule has 0 saturated carbocycles. The maximum absolute atomic E-state index is 2.44. The third-order valence-electron chi connectivity index (χ3n) is 10.6. The van der Waals surface area contributed by atoms with Crippen LogP contribution < -0.4 is 4.90 Å². The monoisotopic (exact) mass is 688 g/mol. The first-order valence-electron chi connectivity index (χ1n) is 18.5. The van der Waals surface area contributed by atoms with Gasteiger partial charge in [-0.25, -0.2) is 0 Å². The largest absolute Gasteiger partial charge is 0.310 e. The summed E-state index contributed by atoms with van der Waals surface area (Å²) in [5.74, 6) is 0. The van der Waals surface area contributed by atoms with Gasteiger partial charge in [0.15, 0.2) is 0 Å². The Bertz CT molecular complexity index is 2860. The number of para-hydroxylation sites is 3. The number of fused-ring (bicyclic) bond motifs is 4. The van der Waals surface area contributed by atoms with Crippen LogP contribution in [0.4, 0.5) is 17.1 Å². The van der Waals surface area contributed by atoms with E-state index in [2.05, 4.69) is 228 Å². The topological polar surface area (TPSA) is 8.17 Å². The van der Waals surface area contributed by atoms with Crippen molar-refractivity contribution < 1.29 is 0 Å². The summed E-state index contributed by atoms with van der Waals surface area (Å²) in [4.78, 5) is 2.38. The number of anilines is 3. The van der Waals surface area contributed by atoms with Gasteiger partial charge in [0.25, 0.3) is 0 Å². The maximum atomic E-state index is 2.44. The Balaban J connectivity index is 1.15. The van der Waals surface area contributed by atoms with Crippen LogP contribution in [0.25, 0.3) is 71.6 Å². The van der Waals surface area contributed by atoms with Crippen LogP contribution in [0, 0.1) is 0 Å². The second-order valence-corrected chi connectivity index (χ2v) is 13.7. The molecular weight excluding hydrogens is 653 g/mol. The smallest absolute Gasteiger partial charge is 0.0546 e. The van der Waals surface area contributed by atoms with E-state index in [-0.39, 0.29) is 0 Å². The Morgan fingerprint density at radius 2 is 0.796 bits per heavy atom. The van der Waals surface area contributed by atoms with Crippen molar-refractivity contribution in [1.29, 1.82) is 0 Å². The van der Waals surface area contributed by atoms with Gasteiger partial charge in [-0.15, -0.1) is 0 Å². The minimum atomic E-state index is 1.10. The lowest BCUT2D eigenvalue weighted by molar-refractivity contribution is 1.18. The van der Waals surface area contributed by atoms with Crippen LogP contribution in [0.15, 0.2) is 218 Å². The Labute approximate surface area is 315 Å². The summed E-state index contributed by atoms with van der Waals surface area (Å²) in [5.41, 5.74) is 14.1. The molecule has 0 unspecified atom stereocenters. The van der Waals surface area contributed by atoms with Crippen molar-refractivity contribution in [3.63, 3.8) is 0 Å². The molecule has 0 N–H and O–H groups in total. The van der Waals surface area contributed by atoms with Gasteiger partial charge in [-0.3, -0.25) is 0 Å². The van der Waals surface area contributed by atoms with Crippen molar-refractivity contribution in [3.8, 4) is 39.1 Å². The third kappa shape index (κ3) is 5.36. The van der Waals surface area contributed by atoms with Crippen LogP contribution in [0.1, 0.15) is 0 Å². The van der Waals surface area contributed by atoms with Gasteiger partial charge in [0.1, 0.15) is 0 Å². The normalized spacial score (nSPS) is 11.3. The van der Waals surface area contributed by atoms with Gasteiger partial charge in [0.2, 0.25) is 0 Å². The molecule has 10 aromatic rings. The van der Waals surface area contributed by atoms with Crippen LogP contribution in [0.3, 0.4) is 0 Å². The number of hydrogen-bond donors (Lipinski definition) is 0. The van der Waals surface area contributed by atoms with Crippen LogP contribution >= 0.6 is 0 Å². The number of aromatic nitrogens is 1. The molecule has 10 rings (SSSR count). The fourth-order valence-corrected chi connectivity index (χ4v) is 8.20. The van der Waals surface area contributed by atoms with Crippen molar-refractivity contribution in [3.05, 3.63) is 218 Å². The second kappa shape index (κ2) is 13.4. The summed E-state index contributed by atoms with van der Waals surface area (Å²) >= 11 is 0. The lowest BCUT2D eigenvalue weighted by Crippen LogP contribution is -2.10.